The van der Waals surface area contributed by atoms with Crippen LogP contribution in [0.3, 0.4) is 0 Å². The van der Waals surface area contributed by atoms with Crippen molar-refractivity contribution in [1.29, 1.82) is 0 Å². The van der Waals surface area contributed by atoms with Gasteiger partial charge in [0.1, 0.15) is 12.1 Å². The van der Waals surface area contributed by atoms with E-state index in [0.29, 0.717) is 28.7 Å². The van der Waals surface area contributed by atoms with Crippen molar-refractivity contribution >= 4 is 137 Å². The number of carboxylic acid groups (broad SMARTS) is 4. The van der Waals surface area contributed by atoms with Gasteiger partial charge in [0.05, 0.1) is 19.3 Å². The number of carboxylic acids is 4. The maximum Gasteiger partial charge on any atom is 0.334 e. The highest BCUT2D eigenvalue weighted by molar-refractivity contribution is 8.77. The van der Waals surface area contributed by atoms with Crippen molar-refractivity contribution in [2.75, 3.05) is 55.9 Å². The molecule has 0 aromatic heterocycles. The Morgan fingerprint density at radius 2 is 1.10 bits per heavy atom. The molecule has 0 aromatic carbocycles. The minimum Gasteiger partial charge on any atom is -0.481 e. The lowest BCUT2D eigenvalue weighted by Gasteiger charge is -2.21. The maximum atomic E-state index is 11.4. The van der Waals surface area contributed by atoms with Crippen molar-refractivity contribution in [1.82, 2.24) is 20.3 Å². The zero-order valence-corrected chi connectivity index (χ0v) is 38.9. The molecule has 0 bridgehead atoms. The summed E-state index contributed by atoms with van der Waals surface area (Å²) in [6.45, 7) is 3.09. The predicted molar refractivity (Wildman–Crippen MR) is 232 cm³/mol. The number of hydrogen-bond acceptors (Lipinski definition) is 20. The Kier molecular flexibility index (Phi) is 42.7. The Labute approximate surface area is 366 Å². The van der Waals surface area contributed by atoms with Gasteiger partial charge in [0.25, 0.3) is 23.6 Å². The van der Waals surface area contributed by atoms with E-state index >= 15 is 0 Å². The minimum absolute atomic E-state index is 0.124. The van der Waals surface area contributed by atoms with E-state index < -0.39 is 65.6 Å². The first-order valence-electron chi connectivity index (χ1n) is 16.6. The second-order valence-electron chi connectivity index (χ2n) is 10.5. The van der Waals surface area contributed by atoms with Crippen LogP contribution in [0.2, 0.25) is 0 Å². The van der Waals surface area contributed by atoms with Gasteiger partial charge >= 0.3 is 29.8 Å². The van der Waals surface area contributed by atoms with Gasteiger partial charge in [-0.1, -0.05) is 64.8 Å². The molecule has 6 N–H and O–H groups in total. The molecule has 5 amide bonds. The summed E-state index contributed by atoms with van der Waals surface area (Å²) in [6, 6.07) is -1.18. The molecule has 20 nitrogen and oxygen atoms in total. The Bertz CT molecular complexity index is 1270. The number of nitrogens with zero attached hydrogens (tertiary/aromatic N) is 3. The van der Waals surface area contributed by atoms with E-state index in [0.717, 1.165) is 5.75 Å². The number of carbonyl (C=O) groups excluding carboxylic acids is 6. The fraction of sp³-hybridized carbons (Fsp3) is 0.677. The first kappa shape index (κ1) is 62.1. The molecule has 2 rings (SSSR count). The number of amides is 5. The van der Waals surface area contributed by atoms with Crippen molar-refractivity contribution in [3.8, 4) is 0 Å². The van der Waals surface area contributed by atoms with E-state index in [2.05, 4.69) is 22.8 Å². The fourth-order valence-corrected chi connectivity index (χ4v) is 6.49. The molecule has 0 saturated carbocycles. The Hall–Kier alpha value is -2.53. The molecule has 0 unspecified atom stereocenters. The number of hydrogen-bond donors (Lipinski definition) is 7. The number of rotatable bonds is 19. The molecule has 0 aliphatic carbocycles. The van der Waals surface area contributed by atoms with Gasteiger partial charge < -0.3 is 35.5 Å². The third kappa shape index (κ3) is 36.5. The lowest BCUT2D eigenvalue weighted by atomic mass is 10.3. The van der Waals surface area contributed by atoms with Crippen molar-refractivity contribution < 1.29 is 78.4 Å². The van der Waals surface area contributed by atoms with Gasteiger partial charge in [0, 0.05) is 62.2 Å². The minimum atomic E-state index is -0.974. The molecule has 0 radical (unpaired) electrons. The molecule has 2 fully saturated rings. The number of carbonyl (C=O) groups is 10. The average Bonchev–Trinajstić information content (AvgIpc) is 3.64. The van der Waals surface area contributed by atoms with Gasteiger partial charge in [-0.25, -0.2) is 9.59 Å². The van der Waals surface area contributed by atoms with Crippen LogP contribution < -0.4 is 5.32 Å². The summed E-state index contributed by atoms with van der Waals surface area (Å²) in [7, 11) is 12.6. The number of nitrogens with one attached hydrogen (secondary N) is 1. The highest BCUT2D eigenvalue weighted by Crippen LogP contribution is 2.19. The van der Waals surface area contributed by atoms with Crippen LogP contribution in [0.4, 0.5) is 0 Å². The van der Waals surface area contributed by atoms with E-state index in [4.69, 9.17) is 25.6 Å². The molecule has 2 aliphatic rings. The standard InChI is InChI=1S/C8H11NO4S2.C8H15NO3S2.C4H5NO3.C4H9NO2.C4H8O2S2.C3H6O2S/c1-14-15-5-4-8(12)13-9-6(10)2-3-7(9)11;1-6(8(11)12)9(2)7(10)4-5-14-13-3;6-3-1-2-4(7)5(3)8;1-3(5-2)4(6)7;1-7-8-3-2-4(5)6;4-3(5)1-2-6/h2-5H2,1H3;6H,4-5H2,1-3H3,(H,11,12);8H,1-2H2;3,5H,1-2H3,(H,6,7);2-3H2,1H3,(H,5,6);6H,1-2H2,(H,4,5)/t;6-;;3-;;/m.0.0../s1. The lowest BCUT2D eigenvalue weighted by Crippen LogP contribution is -2.40. The van der Waals surface area contributed by atoms with E-state index in [1.807, 2.05) is 18.8 Å². The van der Waals surface area contributed by atoms with Crippen LogP contribution >= 0.6 is 77.4 Å². The topological polar surface area (TPSA) is 303 Å². The summed E-state index contributed by atoms with van der Waals surface area (Å²) in [5.41, 5.74) is 0. The molecule has 27 heteroatoms. The molecule has 0 spiro atoms. The zero-order chi connectivity index (χ0) is 45.8. The fourth-order valence-electron chi connectivity index (χ4n) is 2.78. The summed E-state index contributed by atoms with van der Waals surface area (Å²) in [4.78, 5) is 111. The highest BCUT2D eigenvalue weighted by Gasteiger charge is 2.32. The summed E-state index contributed by atoms with van der Waals surface area (Å²) in [5, 5.41) is 44.5. The van der Waals surface area contributed by atoms with Crippen molar-refractivity contribution in [3.63, 3.8) is 0 Å². The molecule has 0 aromatic rings. The maximum absolute atomic E-state index is 11.4. The number of hydroxylamine groups is 4. The SMILES string of the molecule is CN[C@@H](C)C(=O)O.CSSCCC(=O)N(C)[C@@H](C)C(=O)O.CSSCCC(=O)O.CSSCCC(=O)ON1C(=O)CCC1=O.O=C(O)CCS.O=C1CCC(=O)N1O. The van der Waals surface area contributed by atoms with Gasteiger partial charge in [-0.2, -0.15) is 17.7 Å². The largest absolute Gasteiger partial charge is 0.481 e. The molecular weight excluding hydrogens is 909 g/mol. The summed E-state index contributed by atoms with van der Waals surface area (Å²) in [5.74, 6) is -3.39. The van der Waals surface area contributed by atoms with E-state index in [9.17, 15) is 47.9 Å². The van der Waals surface area contributed by atoms with E-state index in [1.165, 1.54) is 29.7 Å². The van der Waals surface area contributed by atoms with Crippen molar-refractivity contribution in [3.05, 3.63) is 0 Å². The number of imide groups is 2. The van der Waals surface area contributed by atoms with Gasteiger partial charge in [0.2, 0.25) is 5.91 Å². The number of likely N-dealkylation sites (N-methyl/N-ethyl adjacent to an activating group) is 2. The Balaban J connectivity index is -0.000000313. The summed E-state index contributed by atoms with van der Waals surface area (Å²) >= 11 is 3.68. The molecule has 2 saturated heterocycles. The third-order valence-corrected chi connectivity index (χ3v) is 11.9. The Morgan fingerprint density at radius 3 is 1.38 bits per heavy atom. The average molecular weight is 963 g/mol. The third-order valence-electron chi connectivity index (χ3n) is 6.23. The second kappa shape index (κ2) is 39.9. The smallest absolute Gasteiger partial charge is 0.334 e. The monoisotopic (exact) mass is 962 g/mol. The predicted octanol–water partition coefficient (Wildman–Crippen LogP) is 3.38. The lowest BCUT2D eigenvalue weighted by molar-refractivity contribution is -0.197. The van der Waals surface area contributed by atoms with Crippen LogP contribution in [-0.2, 0) is 52.8 Å². The van der Waals surface area contributed by atoms with Crippen LogP contribution in [0.25, 0.3) is 0 Å². The quantitative estimate of drug-likeness (QED) is 0.0321. The molecule has 2 heterocycles. The van der Waals surface area contributed by atoms with Crippen LogP contribution in [-0.4, -0.2) is 168 Å². The van der Waals surface area contributed by atoms with Gasteiger partial charge in [0.15, 0.2) is 0 Å². The number of aliphatic carboxylic acids is 4. The highest BCUT2D eigenvalue weighted by atomic mass is 33.1. The van der Waals surface area contributed by atoms with Crippen LogP contribution in [0.15, 0.2) is 0 Å². The van der Waals surface area contributed by atoms with E-state index in [1.54, 1.807) is 67.9 Å². The molecule has 58 heavy (non-hydrogen) atoms. The summed E-state index contributed by atoms with van der Waals surface area (Å²) < 4.78 is 0. The second-order valence-corrected chi connectivity index (χ2v) is 19.0. The Morgan fingerprint density at radius 1 is 0.707 bits per heavy atom. The van der Waals surface area contributed by atoms with Crippen LogP contribution in [0, 0.1) is 0 Å². The van der Waals surface area contributed by atoms with Gasteiger partial charge in [-0.15, -0.1) is 5.06 Å². The van der Waals surface area contributed by atoms with Gasteiger partial charge in [-0.05, 0) is 39.7 Å². The van der Waals surface area contributed by atoms with Crippen molar-refractivity contribution in [2.24, 2.45) is 0 Å². The zero-order valence-electron chi connectivity index (χ0n) is 33.1. The normalized spacial score (nSPS) is 13.6. The first-order valence-corrected chi connectivity index (χ1v) is 25.4. The van der Waals surface area contributed by atoms with E-state index in [-0.39, 0.29) is 55.9 Å². The molecule has 2 atom stereocenters. The van der Waals surface area contributed by atoms with Crippen LogP contribution in [0.5, 0.6) is 0 Å². The van der Waals surface area contributed by atoms with Gasteiger partial charge in [-0.3, -0.25) is 43.6 Å². The first-order chi connectivity index (χ1) is 27.1. The molecule has 2 aliphatic heterocycles. The number of thiol groups is 1. The van der Waals surface area contributed by atoms with Crippen molar-refractivity contribution in [2.45, 2.75) is 77.3 Å². The summed E-state index contributed by atoms with van der Waals surface area (Å²) in [6.07, 6.45) is 7.35. The molecular formula is C31H54N4O16S7. The van der Waals surface area contributed by atoms with Crippen LogP contribution in [0.1, 0.15) is 65.2 Å². The molecule has 336 valence electrons.